The standard InChI is InChI=1S/C15H24N4O3/c1-11(2)12-10-19(7-4-8-22-12)15(20)17-9-13-16-6-5-14(18-13)21-3/h5-6,11-12H,4,7-10H2,1-3H3,(H,17,20)/t12-/m0/s1. The van der Waals surface area contributed by atoms with Crippen molar-refractivity contribution in [2.24, 2.45) is 5.92 Å². The number of carbonyl (C=O) groups is 1. The Hall–Kier alpha value is -1.89. The van der Waals surface area contributed by atoms with E-state index in [1.165, 1.54) is 0 Å². The quantitative estimate of drug-likeness (QED) is 0.911. The molecule has 0 bridgehead atoms. The predicted octanol–water partition coefficient (Wildman–Crippen LogP) is 1.44. The number of nitrogens with zero attached hydrogens (tertiary/aromatic N) is 3. The SMILES string of the molecule is COc1ccnc(CNC(=O)N2CCCO[C@H](C(C)C)C2)n1. The smallest absolute Gasteiger partial charge is 0.317 e. The van der Waals surface area contributed by atoms with Crippen LogP contribution in [-0.4, -0.2) is 53.8 Å². The molecule has 0 aliphatic carbocycles. The van der Waals surface area contributed by atoms with Crippen LogP contribution in [-0.2, 0) is 11.3 Å². The third kappa shape index (κ3) is 4.56. The van der Waals surface area contributed by atoms with E-state index < -0.39 is 0 Å². The number of urea groups is 1. The van der Waals surface area contributed by atoms with Gasteiger partial charge in [0.1, 0.15) is 0 Å². The van der Waals surface area contributed by atoms with Crippen molar-refractivity contribution in [2.45, 2.75) is 32.9 Å². The van der Waals surface area contributed by atoms with Crippen LogP contribution in [0.3, 0.4) is 0 Å². The first-order chi connectivity index (χ1) is 10.6. The molecule has 22 heavy (non-hydrogen) atoms. The Morgan fingerprint density at radius 1 is 1.59 bits per heavy atom. The van der Waals surface area contributed by atoms with Crippen molar-refractivity contribution in [2.75, 3.05) is 26.8 Å². The topological polar surface area (TPSA) is 76.6 Å². The highest BCUT2D eigenvalue weighted by atomic mass is 16.5. The van der Waals surface area contributed by atoms with Gasteiger partial charge < -0.3 is 19.7 Å². The zero-order valence-electron chi connectivity index (χ0n) is 13.4. The second-order valence-electron chi connectivity index (χ2n) is 5.63. The maximum Gasteiger partial charge on any atom is 0.317 e. The van der Waals surface area contributed by atoms with Crippen LogP contribution in [0.5, 0.6) is 5.88 Å². The number of methoxy groups -OCH3 is 1. The second-order valence-corrected chi connectivity index (χ2v) is 5.63. The predicted molar refractivity (Wildman–Crippen MR) is 81.6 cm³/mol. The van der Waals surface area contributed by atoms with Gasteiger partial charge >= 0.3 is 6.03 Å². The van der Waals surface area contributed by atoms with E-state index in [9.17, 15) is 4.79 Å². The second kappa shape index (κ2) is 7.93. The molecule has 1 fully saturated rings. The molecule has 2 rings (SSSR count). The molecule has 0 saturated carbocycles. The van der Waals surface area contributed by atoms with Gasteiger partial charge in [0.2, 0.25) is 5.88 Å². The van der Waals surface area contributed by atoms with Gasteiger partial charge in [-0.1, -0.05) is 13.8 Å². The van der Waals surface area contributed by atoms with E-state index >= 15 is 0 Å². The maximum absolute atomic E-state index is 12.3. The Bertz CT molecular complexity index is 495. The van der Waals surface area contributed by atoms with E-state index in [1.807, 2.05) is 0 Å². The highest BCUT2D eigenvalue weighted by molar-refractivity contribution is 5.74. The maximum atomic E-state index is 12.3. The largest absolute Gasteiger partial charge is 0.481 e. The minimum Gasteiger partial charge on any atom is -0.481 e. The third-order valence-corrected chi connectivity index (χ3v) is 3.62. The van der Waals surface area contributed by atoms with E-state index in [1.54, 1.807) is 24.3 Å². The summed E-state index contributed by atoms with van der Waals surface area (Å²) in [5.74, 6) is 1.40. The van der Waals surface area contributed by atoms with Crippen LogP contribution in [0.2, 0.25) is 0 Å². The Morgan fingerprint density at radius 3 is 3.14 bits per heavy atom. The van der Waals surface area contributed by atoms with Gasteiger partial charge in [0, 0.05) is 32.0 Å². The van der Waals surface area contributed by atoms with Crippen molar-refractivity contribution < 1.29 is 14.3 Å². The molecule has 1 atom stereocenters. The van der Waals surface area contributed by atoms with Gasteiger partial charge in [-0.2, -0.15) is 4.98 Å². The van der Waals surface area contributed by atoms with E-state index in [-0.39, 0.29) is 18.7 Å². The average Bonchev–Trinajstić information content (AvgIpc) is 2.79. The molecule has 0 radical (unpaired) electrons. The summed E-state index contributed by atoms with van der Waals surface area (Å²) in [6, 6.07) is 1.56. The summed E-state index contributed by atoms with van der Waals surface area (Å²) < 4.78 is 10.8. The molecule has 7 nitrogen and oxygen atoms in total. The van der Waals surface area contributed by atoms with Gasteiger partial charge in [-0.05, 0) is 12.3 Å². The number of nitrogens with one attached hydrogen (secondary N) is 1. The number of carbonyl (C=O) groups excluding carboxylic acids is 1. The molecule has 0 spiro atoms. The molecule has 2 amide bonds. The van der Waals surface area contributed by atoms with Crippen molar-refractivity contribution in [1.29, 1.82) is 0 Å². The van der Waals surface area contributed by atoms with Crippen LogP contribution in [0, 0.1) is 5.92 Å². The van der Waals surface area contributed by atoms with Crippen molar-refractivity contribution in [3.8, 4) is 5.88 Å². The fourth-order valence-electron chi connectivity index (χ4n) is 2.28. The lowest BCUT2D eigenvalue weighted by atomic mass is 10.1. The summed E-state index contributed by atoms with van der Waals surface area (Å²) in [7, 11) is 1.55. The van der Waals surface area contributed by atoms with E-state index in [0.717, 1.165) is 6.42 Å². The van der Waals surface area contributed by atoms with Gasteiger partial charge in [-0.25, -0.2) is 9.78 Å². The average molecular weight is 308 g/mol. The number of hydrogen-bond acceptors (Lipinski definition) is 5. The van der Waals surface area contributed by atoms with Gasteiger partial charge in [0.05, 0.1) is 19.8 Å². The fourth-order valence-corrected chi connectivity index (χ4v) is 2.28. The number of ether oxygens (including phenoxy) is 2. The first-order valence-electron chi connectivity index (χ1n) is 7.60. The highest BCUT2D eigenvalue weighted by Gasteiger charge is 2.24. The zero-order valence-corrected chi connectivity index (χ0v) is 13.4. The summed E-state index contributed by atoms with van der Waals surface area (Å²) in [6.07, 6.45) is 2.55. The molecule has 1 aliphatic heterocycles. The molecular formula is C15H24N4O3. The molecule has 2 heterocycles. The van der Waals surface area contributed by atoms with Crippen LogP contribution in [0.1, 0.15) is 26.1 Å². The lowest BCUT2D eigenvalue weighted by Crippen LogP contribution is -2.44. The van der Waals surface area contributed by atoms with Crippen LogP contribution in [0.15, 0.2) is 12.3 Å². The molecule has 1 N–H and O–H groups in total. The van der Waals surface area contributed by atoms with Crippen molar-refractivity contribution in [3.63, 3.8) is 0 Å². The molecule has 0 aromatic carbocycles. The van der Waals surface area contributed by atoms with Crippen LogP contribution < -0.4 is 10.1 Å². The third-order valence-electron chi connectivity index (χ3n) is 3.62. The summed E-state index contributed by atoms with van der Waals surface area (Å²) in [5, 5.41) is 2.86. The van der Waals surface area contributed by atoms with Crippen LogP contribution in [0.25, 0.3) is 0 Å². The first-order valence-corrected chi connectivity index (χ1v) is 7.60. The molecule has 1 aromatic heterocycles. The molecule has 1 aromatic rings. The van der Waals surface area contributed by atoms with Gasteiger partial charge in [-0.15, -0.1) is 0 Å². The summed E-state index contributed by atoms with van der Waals surface area (Å²) in [5.41, 5.74) is 0. The van der Waals surface area contributed by atoms with Crippen molar-refractivity contribution >= 4 is 6.03 Å². The Kier molecular flexibility index (Phi) is 5.94. The Morgan fingerprint density at radius 2 is 2.41 bits per heavy atom. The van der Waals surface area contributed by atoms with Gasteiger partial charge in [-0.3, -0.25) is 0 Å². The molecule has 0 unspecified atom stereocenters. The Balaban J connectivity index is 1.90. The monoisotopic (exact) mass is 308 g/mol. The minimum absolute atomic E-state index is 0.0846. The molecule has 122 valence electrons. The lowest BCUT2D eigenvalue weighted by molar-refractivity contribution is 0.0267. The van der Waals surface area contributed by atoms with E-state index in [2.05, 4.69) is 29.1 Å². The fraction of sp³-hybridized carbons (Fsp3) is 0.667. The number of hydrogen-bond donors (Lipinski definition) is 1. The highest BCUT2D eigenvalue weighted by Crippen LogP contribution is 2.13. The van der Waals surface area contributed by atoms with Crippen LogP contribution in [0.4, 0.5) is 4.79 Å². The summed E-state index contributed by atoms with van der Waals surface area (Å²) in [4.78, 5) is 22.4. The molecule has 1 saturated heterocycles. The molecule has 7 heteroatoms. The van der Waals surface area contributed by atoms with Gasteiger partial charge in [0.25, 0.3) is 0 Å². The van der Waals surface area contributed by atoms with Crippen LogP contribution >= 0.6 is 0 Å². The van der Waals surface area contributed by atoms with E-state index in [4.69, 9.17) is 9.47 Å². The van der Waals surface area contributed by atoms with E-state index in [0.29, 0.717) is 37.3 Å². The zero-order chi connectivity index (χ0) is 15.9. The first kappa shape index (κ1) is 16.5. The molecular weight excluding hydrogens is 284 g/mol. The normalized spacial score (nSPS) is 18.9. The summed E-state index contributed by atoms with van der Waals surface area (Å²) in [6.45, 7) is 6.51. The van der Waals surface area contributed by atoms with Gasteiger partial charge in [0.15, 0.2) is 5.82 Å². The van der Waals surface area contributed by atoms with Crippen molar-refractivity contribution in [3.05, 3.63) is 18.1 Å². The molecule has 1 aliphatic rings. The Labute approximate surface area is 131 Å². The lowest BCUT2D eigenvalue weighted by Gasteiger charge is -2.26. The minimum atomic E-state index is -0.109. The number of amides is 2. The summed E-state index contributed by atoms with van der Waals surface area (Å²) >= 11 is 0. The number of rotatable bonds is 4. The number of aromatic nitrogens is 2. The van der Waals surface area contributed by atoms with Crippen molar-refractivity contribution in [1.82, 2.24) is 20.2 Å².